The molecule has 4 rings (SSSR count). The number of hydrogen-bond acceptors (Lipinski definition) is 4. The largest absolute Gasteiger partial charge is 0.352 e. The standard InChI is InChI=1S/C30H33BrFN3O4S/c1-22(30(37)33-26-8-4-2-5-9-26)34(20-23-12-14-24(31)15-13-23)29(36)21-35(27-18-16-25(32)17-19-27)40(38,39)28-10-6-3-7-11-28/h3,6-7,10-19,22,26H,2,4-5,8-9,20-21H2,1H3,(H,33,37)/t22-/m0/s1. The molecule has 1 aliphatic carbocycles. The maximum Gasteiger partial charge on any atom is 0.264 e. The van der Waals surface area contributed by atoms with Gasteiger partial charge in [-0.15, -0.1) is 0 Å². The lowest BCUT2D eigenvalue weighted by atomic mass is 9.95. The fourth-order valence-electron chi connectivity index (χ4n) is 4.79. The van der Waals surface area contributed by atoms with E-state index in [4.69, 9.17) is 0 Å². The number of nitrogens with one attached hydrogen (secondary N) is 1. The van der Waals surface area contributed by atoms with Gasteiger partial charge in [0.2, 0.25) is 11.8 Å². The zero-order valence-corrected chi connectivity index (χ0v) is 24.7. The smallest absolute Gasteiger partial charge is 0.264 e. The lowest BCUT2D eigenvalue weighted by molar-refractivity contribution is -0.139. The van der Waals surface area contributed by atoms with Gasteiger partial charge in [-0.1, -0.05) is 65.5 Å². The molecule has 0 saturated heterocycles. The van der Waals surface area contributed by atoms with Crippen molar-refractivity contribution in [3.8, 4) is 0 Å². The van der Waals surface area contributed by atoms with Crippen LogP contribution in [0, 0.1) is 5.82 Å². The minimum absolute atomic E-state index is 0.00493. The van der Waals surface area contributed by atoms with Gasteiger partial charge in [0.1, 0.15) is 18.4 Å². The molecule has 7 nitrogen and oxygen atoms in total. The molecule has 1 saturated carbocycles. The van der Waals surface area contributed by atoms with E-state index in [1.807, 2.05) is 24.3 Å². The highest BCUT2D eigenvalue weighted by atomic mass is 79.9. The molecule has 0 radical (unpaired) electrons. The van der Waals surface area contributed by atoms with Crippen LogP contribution < -0.4 is 9.62 Å². The molecule has 212 valence electrons. The van der Waals surface area contributed by atoms with Crippen LogP contribution in [0.4, 0.5) is 10.1 Å². The third kappa shape index (κ3) is 7.48. The predicted octanol–water partition coefficient (Wildman–Crippen LogP) is 5.65. The minimum atomic E-state index is -4.19. The number of halogens is 2. The Morgan fingerprint density at radius 3 is 2.20 bits per heavy atom. The number of rotatable bonds is 10. The first kappa shape index (κ1) is 29.7. The molecule has 1 aliphatic rings. The SMILES string of the molecule is C[C@@H](C(=O)NC1CCCCC1)N(Cc1ccc(Br)cc1)C(=O)CN(c1ccc(F)cc1)S(=O)(=O)c1ccccc1. The summed E-state index contributed by atoms with van der Waals surface area (Å²) in [6.07, 6.45) is 5.03. The second-order valence-electron chi connectivity index (χ2n) is 9.97. The van der Waals surface area contributed by atoms with Crippen molar-refractivity contribution in [3.63, 3.8) is 0 Å². The number of sulfonamides is 1. The van der Waals surface area contributed by atoms with Gasteiger partial charge in [-0.3, -0.25) is 13.9 Å². The van der Waals surface area contributed by atoms with Crippen LogP contribution in [0.1, 0.15) is 44.6 Å². The summed E-state index contributed by atoms with van der Waals surface area (Å²) in [5, 5.41) is 3.08. The monoisotopic (exact) mass is 629 g/mol. The summed E-state index contributed by atoms with van der Waals surface area (Å²) in [5.74, 6) is -1.37. The molecule has 10 heteroatoms. The average Bonchev–Trinajstić information content (AvgIpc) is 2.96. The summed E-state index contributed by atoms with van der Waals surface area (Å²) in [6, 6.07) is 19.3. The summed E-state index contributed by atoms with van der Waals surface area (Å²) in [6.45, 7) is 1.19. The quantitative estimate of drug-likeness (QED) is 0.314. The van der Waals surface area contributed by atoms with Crippen LogP contribution >= 0.6 is 15.9 Å². The number of benzene rings is 3. The van der Waals surface area contributed by atoms with Crippen LogP contribution in [0.2, 0.25) is 0 Å². The molecule has 0 aliphatic heterocycles. The van der Waals surface area contributed by atoms with Gasteiger partial charge in [-0.25, -0.2) is 12.8 Å². The first-order chi connectivity index (χ1) is 19.1. The van der Waals surface area contributed by atoms with Crippen LogP contribution in [0.25, 0.3) is 0 Å². The van der Waals surface area contributed by atoms with Crippen molar-refractivity contribution in [2.45, 2.75) is 62.6 Å². The van der Waals surface area contributed by atoms with Crippen LogP contribution in [0.15, 0.2) is 88.2 Å². The van der Waals surface area contributed by atoms with Crippen molar-refractivity contribution in [1.82, 2.24) is 10.2 Å². The van der Waals surface area contributed by atoms with Crippen molar-refractivity contribution in [2.75, 3.05) is 10.8 Å². The highest BCUT2D eigenvalue weighted by Gasteiger charge is 2.33. The van der Waals surface area contributed by atoms with E-state index in [-0.39, 0.29) is 29.1 Å². The van der Waals surface area contributed by atoms with E-state index < -0.39 is 34.3 Å². The van der Waals surface area contributed by atoms with E-state index in [0.29, 0.717) is 0 Å². The summed E-state index contributed by atoms with van der Waals surface area (Å²) >= 11 is 3.41. The second-order valence-corrected chi connectivity index (χ2v) is 12.7. The number of amides is 2. The van der Waals surface area contributed by atoms with Gasteiger partial charge in [0, 0.05) is 17.1 Å². The highest BCUT2D eigenvalue weighted by molar-refractivity contribution is 9.10. The third-order valence-corrected chi connectivity index (χ3v) is 9.43. The Morgan fingerprint density at radius 1 is 0.950 bits per heavy atom. The van der Waals surface area contributed by atoms with Gasteiger partial charge in [-0.2, -0.15) is 0 Å². The fraction of sp³-hybridized carbons (Fsp3) is 0.333. The second kappa shape index (κ2) is 13.4. The molecule has 0 spiro atoms. The molecular formula is C30H33BrFN3O4S. The molecule has 3 aromatic rings. The Kier molecular flexibility index (Phi) is 9.97. The third-order valence-electron chi connectivity index (χ3n) is 7.11. The lowest BCUT2D eigenvalue weighted by Gasteiger charge is -2.33. The summed E-state index contributed by atoms with van der Waals surface area (Å²) in [7, 11) is -4.19. The summed E-state index contributed by atoms with van der Waals surface area (Å²) in [5.41, 5.74) is 0.926. The van der Waals surface area contributed by atoms with Crippen molar-refractivity contribution in [1.29, 1.82) is 0 Å². The van der Waals surface area contributed by atoms with Gasteiger partial charge in [0.05, 0.1) is 10.6 Å². The van der Waals surface area contributed by atoms with Crippen LogP contribution in [-0.4, -0.2) is 43.8 Å². The number of carbonyl (C=O) groups excluding carboxylic acids is 2. The van der Waals surface area contributed by atoms with E-state index >= 15 is 0 Å². The average molecular weight is 631 g/mol. The Balaban J connectivity index is 1.65. The van der Waals surface area contributed by atoms with Gasteiger partial charge in [-0.05, 0) is 73.9 Å². The van der Waals surface area contributed by atoms with Gasteiger partial charge < -0.3 is 10.2 Å². The van der Waals surface area contributed by atoms with Gasteiger partial charge >= 0.3 is 0 Å². The van der Waals surface area contributed by atoms with E-state index in [2.05, 4.69) is 21.2 Å². The van der Waals surface area contributed by atoms with E-state index in [9.17, 15) is 22.4 Å². The van der Waals surface area contributed by atoms with Gasteiger partial charge in [0.25, 0.3) is 10.0 Å². The maximum absolute atomic E-state index is 13.9. The molecule has 0 bridgehead atoms. The molecule has 1 atom stereocenters. The Hall–Kier alpha value is -3.24. The number of nitrogens with zero attached hydrogens (tertiary/aromatic N) is 2. The Morgan fingerprint density at radius 2 is 1.57 bits per heavy atom. The molecule has 2 amide bonds. The van der Waals surface area contributed by atoms with Crippen molar-refractivity contribution in [3.05, 3.63) is 94.7 Å². The van der Waals surface area contributed by atoms with Crippen LogP contribution in [0.5, 0.6) is 0 Å². The number of carbonyl (C=O) groups is 2. The van der Waals surface area contributed by atoms with Gasteiger partial charge in [0.15, 0.2) is 0 Å². The molecular weight excluding hydrogens is 597 g/mol. The lowest BCUT2D eigenvalue weighted by Crippen LogP contribution is -2.53. The van der Waals surface area contributed by atoms with Crippen LogP contribution in [-0.2, 0) is 26.2 Å². The van der Waals surface area contributed by atoms with Crippen LogP contribution in [0.3, 0.4) is 0 Å². The van der Waals surface area contributed by atoms with E-state index in [1.54, 1.807) is 25.1 Å². The van der Waals surface area contributed by atoms with E-state index in [0.717, 1.165) is 58.6 Å². The molecule has 0 unspecified atom stereocenters. The molecule has 0 aromatic heterocycles. The fourth-order valence-corrected chi connectivity index (χ4v) is 6.49. The normalized spacial score (nSPS) is 14.8. The predicted molar refractivity (Wildman–Crippen MR) is 157 cm³/mol. The Bertz CT molecular complexity index is 1400. The van der Waals surface area contributed by atoms with Crippen molar-refractivity contribution >= 4 is 43.5 Å². The summed E-state index contributed by atoms with van der Waals surface area (Å²) in [4.78, 5) is 28.7. The Labute approximate surface area is 243 Å². The summed E-state index contributed by atoms with van der Waals surface area (Å²) < 4.78 is 43.0. The number of anilines is 1. The van der Waals surface area contributed by atoms with Crippen molar-refractivity contribution < 1.29 is 22.4 Å². The zero-order valence-electron chi connectivity index (χ0n) is 22.3. The van der Waals surface area contributed by atoms with E-state index in [1.165, 1.54) is 29.2 Å². The van der Waals surface area contributed by atoms with Crippen molar-refractivity contribution in [2.24, 2.45) is 0 Å². The zero-order chi connectivity index (χ0) is 28.7. The first-order valence-corrected chi connectivity index (χ1v) is 15.6. The highest BCUT2D eigenvalue weighted by Crippen LogP contribution is 2.25. The topological polar surface area (TPSA) is 86.8 Å². The molecule has 1 fully saturated rings. The number of hydrogen-bond donors (Lipinski definition) is 1. The molecule has 40 heavy (non-hydrogen) atoms. The molecule has 1 N–H and O–H groups in total. The maximum atomic E-state index is 13.9. The molecule has 0 heterocycles. The molecule has 3 aromatic carbocycles. The first-order valence-electron chi connectivity index (χ1n) is 13.3. The minimum Gasteiger partial charge on any atom is -0.352 e.